The maximum absolute atomic E-state index is 11.4. The molecular formula is C38H26Cl2N2O4. The highest BCUT2D eigenvalue weighted by molar-refractivity contribution is 6.61. The van der Waals surface area contributed by atoms with Crippen LogP contribution in [0.5, 0.6) is 11.5 Å². The summed E-state index contributed by atoms with van der Waals surface area (Å²) >= 11 is 10.9. The van der Waals surface area contributed by atoms with Gasteiger partial charge in [-0.05, 0) is 83.9 Å². The first-order valence-electron chi connectivity index (χ1n) is 14.3. The van der Waals surface area contributed by atoms with E-state index in [0.29, 0.717) is 11.5 Å². The summed E-state index contributed by atoms with van der Waals surface area (Å²) in [6.45, 7) is 0. The van der Waals surface area contributed by atoms with Crippen molar-refractivity contribution in [1.82, 2.24) is 0 Å². The molecule has 0 aliphatic carbocycles. The van der Waals surface area contributed by atoms with Crippen LogP contribution in [0, 0.1) is 0 Å². The van der Waals surface area contributed by atoms with E-state index in [1.807, 2.05) is 84.9 Å². The van der Waals surface area contributed by atoms with Crippen molar-refractivity contribution in [2.75, 3.05) is 9.80 Å². The van der Waals surface area contributed by atoms with Crippen LogP contribution in [0.3, 0.4) is 0 Å². The monoisotopic (exact) mass is 644 g/mol. The Bertz CT molecular complexity index is 1810. The molecule has 0 atom stereocenters. The molecule has 6 rings (SSSR count). The van der Waals surface area contributed by atoms with Gasteiger partial charge in [0.05, 0.1) is 0 Å². The second kappa shape index (κ2) is 14.0. The molecule has 8 heteroatoms. The van der Waals surface area contributed by atoms with E-state index in [9.17, 15) is 9.59 Å². The number of halogens is 2. The van der Waals surface area contributed by atoms with E-state index in [2.05, 4.69) is 58.3 Å². The first kappa shape index (κ1) is 30.5. The number of benzene rings is 6. The van der Waals surface area contributed by atoms with Gasteiger partial charge < -0.3 is 19.3 Å². The average molecular weight is 646 g/mol. The average Bonchev–Trinajstić information content (AvgIpc) is 3.07. The molecule has 0 amide bonds. The normalized spacial score (nSPS) is 10.6. The van der Waals surface area contributed by atoms with Crippen LogP contribution in [0.4, 0.5) is 43.7 Å². The Morgan fingerprint density at radius 2 is 0.717 bits per heavy atom. The molecule has 0 aliphatic heterocycles. The summed E-state index contributed by atoms with van der Waals surface area (Å²) in [6, 6.07) is 50.8. The van der Waals surface area contributed by atoms with Gasteiger partial charge in [0.25, 0.3) is 0 Å². The minimum atomic E-state index is -0.893. The molecule has 0 bridgehead atoms. The molecule has 6 aromatic carbocycles. The number of ether oxygens (including phenoxy) is 2. The largest absolute Gasteiger partial charge is 0.414 e. The number of nitrogens with zero attached hydrogens (tertiary/aromatic N) is 2. The summed E-state index contributed by atoms with van der Waals surface area (Å²) in [5, 5.41) is 0. The Hall–Kier alpha value is -5.56. The molecule has 0 N–H and O–H groups in total. The van der Waals surface area contributed by atoms with Crippen molar-refractivity contribution in [3.63, 3.8) is 0 Å². The summed E-state index contributed by atoms with van der Waals surface area (Å²) in [4.78, 5) is 26.9. The van der Waals surface area contributed by atoms with Crippen molar-refractivity contribution in [2.45, 2.75) is 0 Å². The van der Waals surface area contributed by atoms with Gasteiger partial charge in [-0.25, -0.2) is 9.59 Å². The van der Waals surface area contributed by atoms with Crippen LogP contribution in [-0.2, 0) is 0 Å². The molecule has 0 heterocycles. The number of para-hydroxylation sites is 2. The Labute approximate surface area is 276 Å². The second-order valence-corrected chi connectivity index (χ2v) is 10.7. The summed E-state index contributed by atoms with van der Waals surface area (Å²) in [6.07, 6.45) is 0. The van der Waals surface area contributed by atoms with Gasteiger partial charge in [-0.1, -0.05) is 72.8 Å². The van der Waals surface area contributed by atoms with Gasteiger partial charge in [-0.15, -0.1) is 0 Å². The fourth-order valence-corrected chi connectivity index (χ4v) is 5.39. The van der Waals surface area contributed by atoms with Crippen LogP contribution >= 0.6 is 23.2 Å². The summed E-state index contributed by atoms with van der Waals surface area (Å²) in [7, 11) is 0. The molecule has 46 heavy (non-hydrogen) atoms. The maximum atomic E-state index is 11.4. The molecule has 0 radical (unpaired) electrons. The molecule has 0 aromatic heterocycles. The van der Waals surface area contributed by atoms with E-state index in [0.717, 1.165) is 45.3 Å². The predicted molar refractivity (Wildman–Crippen MR) is 185 cm³/mol. The van der Waals surface area contributed by atoms with Crippen molar-refractivity contribution in [3.8, 4) is 22.6 Å². The number of carbonyl (C=O) groups is 2. The van der Waals surface area contributed by atoms with Crippen molar-refractivity contribution in [3.05, 3.63) is 158 Å². The van der Waals surface area contributed by atoms with Crippen LogP contribution in [-0.4, -0.2) is 10.9 Å². The molecule has 0 spiro atoms. The number of rotatable bonds is 9. The highest BCUT2D eigenvalue weighted by atomic mass is 35.5. The van der Waals surface area contributed by atoms with Crippen LogP contribution < -0.4 is 19.3 Å². The first-order valence-corrected chi connectivity index (χ1v) is 15.1. The van der Waals surface area contributed by atoms with E-state index in [-0.39, 0.29) is 0 Å². The summed E-state index contributed by atoms with van der Waals surface area (Å²) < 4.78 is 10.3. The highest BCUT2D eigenvalue weighted by Gasteiger charge is 2.16. The van der Waals surface area contributed by atoms with E-state index in [4.69, 9.17) is 32.7 Å². The lowest BCUT2D eigenvalue weighted by atomic mass is 10.0. The molecule has 0 aliphatic rings. The highest BCUT2D eigenvalue weighted by Crippen LogP contribution is 2.39. The first-order chi connectivity index (χ1) is 22.4. The Kier molecular flexibility index (Phi) is 9.29. The molecule has 0 saturated heterocycles. The van der Waals surface area contributed by atoms with Crippen LogP contribution in [0.15, 0.2) is 158 Å². The summed E-state index contributed by atoms with van der Waals surface area (Å²) in [5.74, 6) is 0.706. The lowest BCUT2D eigenvalue weighted by Gasteiger charge is -2.26. The number of carbonyl (C=O) groups excluding carboxylic acids is 2. The topological polar surface area (TPSA) is 59.1 Å². The predicted octanol–water partition coefficient (Wildman–Crippen LogP) is 11.8. The van der Waals surface area contributed by atoms with Crippen molar-refractivity contribution >= 4 is 68.2 Å². The van der Waals surface area contributed by atoms with E-state index in [1.54, 1.807) is 24.3 Å². The molecule has 6 nitrogen and oxygen atoms in total. The van der Waals surface area contributed by atoms with Crippen molar-refractivity contribution in [2.24, 2.45) is 0 Å². The zero-order valence-corrected chi connectivity index (χ0v) is 25.8. The van der Waals surface area contributed by atoms with Crippen molar-refractivity contribution < 1.29 is 19.1 Å². The van der Waals surface area contributed by atoms with Gasteiger partial charge in [-0.2, -0.15) is 0 Å². The molecule has 0 saturated carbocycles. The van der Waals surface area contributed by atoms with E-state index >= 15 is 0 Å². The van der Waals surface area contributed by atoms with Crippen LogP contribution in [0.1, 0.15) is 0 Å². The van der Waals surface area contributed by atoms with Gasteiger partial charge >= 0.3 is 10.9 Å². The Morgan fingerprint density at radius 3 is 1.07 bits per heavy atom. The van der Waals surface area contributed by atoms with Crippen LogP contribution in [0.25, 0.3) is 11.1 Å². The third-order valence-electron chi connectivity index (χ3n) is 7.16. The third-order valence-corrected chi connectivity index (χ3v) is 7.32. The number of hydrogen-bond donors (Lipinski definition) is 0. The molecule has 226 valence electrons. The van der Waals surface area contributed by atoms with Gasteiger partial charge in [0.2, 0.25) is 0 Å². The minimum Gasteiger partial charge on any atom is -0.414 e. The lowest BCUT2D eigenvalue weighted by Crippen LogP contribution is -2.10. The zero-order chi connectivity index (χ0) is 31.9. The van der Waals surface area contributed by atoms with Crippen molar-refractivity contribution in [1.29, 1.82) is 0 Å². The molecule has 0 fully saturated rings. The number of hydrogen-bond acceptors (Lipinski definition) is 6. The molecule has 6 aromatic rings. The third kappa shape index (κ3) is 7.21. The fourth-order valence-electron chi connectivity index (χ4n) is 5.21. The molecule has 0 unspecified atom stereocenters. The van der Waals surface area contributed by atoms with Gasteiger partial charge in [0.15, 0.2) is 0 Å². The lowest BCUT2D eigenvalue weighted by molar-refractivity contribution is 0.224. The van der Waals surface area contributed by atoms with E-state index in [1.165, 1.54) is 0 Å². The second-order valence-electron chi connectivity index (χ2n) is 10.1. The smallest absolute Gasteiger partial charge is 0.409 e. The SMILES string of the molecule is O=C(Cl)Oc1cccc(N(c2ccccc2)c2ccc(-c3ccc(N(c4ccccc4)c4cccc(OC(=O)Cl)c4)cc3)cc2)c1. The fraction of sp³-hybridized carbons (Fsp3) is 0. The zero-order valence-electron chi connectivity index (χ0n) is 24.3. The Balaban J connectivity index is 1.31. The quantitative estimate of drug-likeness (QED) is 0.146. The van der Waals surface area contributed by atoms with Gasteiger partial charge in [-0.3, -0.25) is 0 Å². The summed E-state index contributed by atoms with van der Waals surface area (Å²) in [5.41, 5.74) is 5.65. The number of anilines is 6. The maximum Gasteiger partial charge on any atom is 0.409 e. The minimum absolute atomic E-state index is 0.353. The standard InChI is InChI=1S/C38H26Cl2N2O4/c39-37(43)45-35-15-7-13-33(25-35)41(29-9-3-1-4-10-29)31-21-17-27(18-22-31)28-19-23-32(24-20-28)42(30-11-5-2-6-12-30)34-14-8-16-36(26-34)46-38(40)44/h1-26H. The van der Waals surface area contributed by atoms with Crippen LogP contribution in [0.2, 0.25) is 0 Å². The van der Waals surface area contributed by atoms with Gasteiger partial charge in [0, 0.05) is 69.5 Å². The Morgan fingerprint density at radius 1 is 0.391 bits per heavy atom. The molecular weight excluding hydrogens is 619 g/mol. The van der Waals surface area contributed by atoms with E-state index < -0.39 is 10.9 Å². The van der Waals surface area contributed by atoms with Gasteiger partial charge in [0.1, 0.15) is 11.5 Å².